The Bertz CT molecular complexity index is 1170. The molecule has 0 spiro atoms. The fourth-order valence-corrected chi connectivity index (χ4v) is 5.60. The van der Waals surface area contributed by atoms with Gasteiger partial charge in [-0.3, -0.25) is 4.79 Å². The Labute approximate surface area is 201 Å². The highest BCUT2D eigenvalue weighted by atomic mass is 19.3. The summed E-state index contributed by atoms with van der Waals surface area (Å²) in [4.78, 5) is 37.4. The Morgan fingerprint density at radius 1 is 1.06 bits per heavy atom. The number of carbonyl (C=O) groups excluding carboxylic acids is 2. The van der Waals surface area contributed by atoms with Crippen LogP contribution in [0.15, 0.2) is 48.5 Å². The third-order valence-corrected chi connectivity index (χ3v) is 7.43. The highest BCUT2D eigenvalue weighted by Gasteiger charge is 2.73. The molecule has 0 aromatic heterocycles. The van der Waals surface area contributed by atoms with Gasteiger partial charge in [-0.1, -0.05) is 62.4 Å². The van der Waals surface area contributed by atoms with Gasteiger partial charge < -0.3 is 20.1 Å². The minimum atomic E-state index is -3.31. The Morgan fingerprint density at radius 3 is 2.17 bits per heavy atom. The molecule has 1 saturated carbocycles. The second kappa shape index (κ2) is 8.03. The van der Waals surface area contributed by atoms with Gasteiger partial charge in [0, 0.05) is 24.4 Å². The SMILES string of the molecule is CC1(C)CN(C(=O)[C@@H]2[C@H](CNC(=O)OCC3c4ccccc4-c4ccccc43)C2(F)F)C1C(=O)O. The number of aliphatic carboxylic acids is 1. The molecule has 2 fully saturated rings. The van der Waals surface area contributed by atoms with Gasteiger partial charge in [0.1, 0.15) is 18.6 Å². The lowest BCUT2D eigenvalue weighted by molar-refractivity contribution is -0.173. The first-order valence-corrected chi connectivity index (χ1v) is 11.5. The molecule has 2 aliphatic carbocycles. The molecular weight excluding hydrogens is 458 g/mol. The molecule has 2 N–H and O–H groups in total. The standard InChI is InChI=1S/C26H26F2N2O5/c1-25(2)13-30(21(25)23(32)33)22(31)20-19(26(20,27)28)11-29-24(34)35-12-18-16-9-5-3-7-14(16)15-8-4-6-10-17(15)18/h3-10,18-21H,11-13H2,1-2H3,(H,29,34)(H,32,33)/t19-,20-,21?/m0/s1. The molecule has 2 amide bonds. The molecule has 3 aliphatic rings. The minimum Gasteiger partial charge on any atom is -0.480 e. The topological polar surface area (TPSA) is 95.9 Å². The van der Waals surface area contributed by atoms with Crippen molar-refractivity contribution >= 4 is 18.0 Å². The smallest absolute Gasteiger partial charge is 0.407 e. The highest BCUT2D eigenvalue weighted by Crippen LogP contribution is 2.57. The van der Waals surface area contributed by atoms with Crippen molar-refractivity contribution in [3.8, 4) is 11.1 Å². The van der Waals surface area contributed by atoms with Crippen molar-refractivity contribution in [3.63, 3.8) is 0 Å². The van der Waals surface area contributed by atoms with E-state index < -0.39 is 53.7 Å². The van der Waals surface area contributed by atoms with Crippen LogP contribution in [0, 0.1) is 17.3 Å². The van der Waals surface area contributed by atoms with E-state index in [9.17, 15) is 28.3 Å². The molecule has 5 rings (SSSR count). The van der Waals surface area contributed by atoms with E-state index in [0.717, 1.165) is 27.2 Å². The number of alkyl halides is 2. The summed E-state index contributed by atoms with van der Waals surface area (Å²) in [6, 6.07) is 14.5. The number of halogens is 2. The van der Waals surface area contributed by atoms with E-state index in [1.54, 1.807) is 13.8 Å². The van der Waals surface area contributed by atoms with Crippen LogP contribution in [0.25, 0.3) is 11.1 Å². The number of benzene rings is 2. The zero-order valence-electron chi connectivity index (χ0n) is 19.3. The maximum absolute atomic E-state index is 14.4. The third-order valence-electron chi connectivity index (χ3n) is 7.43. The quantitative estimate of drug-likeness (QED) is 0.652. The molecule has 2 aromatic rings. The molecule has 1 unspecified atom stereocenters. The average Bonchev–Trinajstić information content (AvgIpc) is 3.20. The molecule has 1 saturated heterocycles. The molecule has 1 aliphatic heterocycles. The van der Waals surface area contributed by atoms with Crippen molar-refractivity contribution in [1.82, 2.24) is 10.2 Å². The summed E-state index contributed by atoms with van der Waals surface area (Å²) in [6.45, 7) is 3.07. The summed E-state index contributed by atoms with van der Waals surface area (Å²) in [5, 5.41) is 11.7. The minimum absolute atomic E-state index is 0.0480. The lowest BCUT2D eigenvalue weighted by Crippen LogP contribution is -2.67. The van der Waals surface area contributed by atoms with Crippen LogP contribution in [-0.4, -0.2) is 59.6 Å². The maximum atomic E-state index is 14.4. The van der Waals surface area contributed by atoms with Gasteiger partial charge >= 0.3 is 12.1 Å². The van der Waals surface area contributed by atoms with Gasteiger partial charge in [-0.15, -0.1) is 0 Å². The number of hydrogen-bond acceptors (Lipinski definition) is 4. The molecule has 1 heterocycles. The number of carboxylic acid groups (broad SMARTS) is 1. The summed E-state index contributed by atoms with van der Waals surface area (Å²) in [6.07, 6.45) is -0.839. The third kappa shape index (κ3) is 3.73. The van der Waals surface area contributed by atoms with E-state index in [1.807, 2.05) is 48.5 Å². The summed E-state index contributed by atoms with van der Waals surface area (Å²) in [7, 11) is 0. The first-order chi connectivity index (χ1) is 16.5. The molecule has 2 aromatic carbocycles. The van der Waals surface area contributed by atoms with Gasteiger partial charge in [0.25, 0.3) is 5.92 Å². The van der Waals surface area contributed by atoms with Crippen molar-refractivity contribution in [2.75, 3.05) is 19.7 Å². The summed E-state index contributed by atoms with van der Waals surface area (Å²) >= 11 is 0. The lowest BCUT2D eigenvalue weighted by atomic mass is 9.74. The molecule has 35 heavy (non-hydrogen) atoms. The number of carboxylic acids is 1. The Balaban J connectivity index is 1.17. The number of rotatable bonds is 6. The van der Waals surface area contributed by atoms with E-state index in [2.05, 4.69) is 5.32 Å². The first kappa shape index (κ1) is 23.3. The number of hydrogen-bond donors (Lipinski definition) is 2. The summed E-state index contributed by atoms with van der Waals surface area (Å²) in [5.41, 5.74) is 3.54. The predicted octanol–water partition coefficient (Wildman–Crippen LogP) is 3.73. The molecule has 7 nitrogen and oxygen atoms in total. The highest BCUT2D eigenvalue weighted by molar-refractivity contribution is 5.90. The van der Waals surface area contributed by atoms with Crippen molar-refractivity contribution < 1.29 is 33.0 Å². The predicted molar refractivity (Wildman–Crippen MR) is 122 cm³/mol. The Morgan fingerprint density at radius 2 is 1.63 bits per heavy atom. The van der Waals surface area contributed by atoms with E-state index in [0.29, 0.717) is 0 Å². The Hall–Kier alpha value is -3.49. The van der Waals surface area contributed by atoms with Crippen LogP contribution < -0.4 is 5.32 Å². The van der Waals surface area contributed by atoms with E-state index >= 15 is 0 Å². The average molecular weight is 484 g/mol. The number of carbonyl (C=O) groups is 3. The van der Waals surface area contributed by atoms with Gasteiger partial charge in [-0.2, -0.15) is 0 Å². The first-order valence-electron chi connectivity index (χ1n) is 11.5. The molecule has 0 radical (unpaired) electrons. The van der Waals surface area contributed by atoms with Crippen LogP contribution in [0.5, 0.6) is 0 Å². The van der Waals surface area contributed by atoms with Gasteiger partial charge in [-0.25, -0.2) is 18.4 Å². The second-order valence-electron chi connectivity index (χ2n) is 10.2. The summed E-state index contributed by atoms with van der Waals surface area (Å²) in [5.74, 6) is -8.61. The molecule has 3 atom stereocenters. The number of nitrogens with zero attached hydrogens (tertiary/aromatic N) is 1. The van der Waals surface area contributed by atoms with Gasteiger partial charge in [0.2, 0.25) is 5.91 Å². The number of amides is 2. The number of ether oxygens (including phenoxy) is 1. The zero-order chi connectivity index (χ0) is 25.1. The second-order valence-corrected chi connectivity index (χ2v) is 10.2. The number of fused-ring (bicyclic) bond motifs is 3. The Kier molecular flexibility index (Phi) is 5.34. The zero-order valence-corrected chi connectivity index (χ0v) is 19.3. The fraction of sp³-hybridized carbons (Fsp3) is 0.423. The van der Waals surface area contributed by atoms with Crippen LogP contribution >= 0.6 is 0 Å². The van der Waals surface area contributed by atoms with Gasteiger partial charge in [0.15, 0.2) is 0 Å². The van der Waals surface area contributed by atoms with E-state index in [-0.39, 0.29) is 19.1 Å². The largest absolute Gasteiger partial charge is 0.480 e. The van der Waals surface area contributed by atoms with Crippen LogP contribution in [0.4, 0.5) is 13.6 Å². The summed E-state index contributed by atoms with van der Waals surface area (Å²) < 4.78 is 34.1. The van der Waals surface area contributed by atoms with Crippen LogP contribution in [-0.2, 0) is 14.3 Å². The van der Waals surface area contributed by atoms with Gasteiger partial charge in [-0.05, 0) is 22.3 Å². The van der Waals surface area contributed by atoms with Crippen molar-refractivity contribution in [2.24, 2.45) is 17.3 Å². The normalized spacial score (nSPS) is 25.1. The van der Waals surface area contributed by atoms with Crippen LogP contribution in [0.1, 0.15) is 30.9 Å². The monoisotopic (exact) mass is 484 g/mol. The van der Waals surface area contributed by atoms with E-state index in [1.165, 1.54) is 0 Å². The van der Waals surface area contributed by atoms with Crippen molar-refractivity contribution in [2.45, 2.75) is 31.7 Å². The number of alkyl carbamates (subject to hydrolysis) is 1. The molecule has 184 valence electrons. The molecule has 9 heteroatoms. The number of likely N-dealkylation sites (tertiary alicyclic amines) is 1. The van der Waals surface area contributed by atoms with Crippen molar-refractivity contribution in [1.29, 1.82) is 0 Å². The molecular formula is C26H26F2N2O5. The molecule has 0 bridgehead atoms. The van der Waals surface area contributed by atoms with Crippen LogP contribution in [0.3, 0.4) is 0 Å². The number of nitrogens with one attached hydrogen (secondary N) is 1. The van der Waals surface area contributed by atoms with E-state index in [4.69, 9.17) is 4.74 Å². The fourth-order valence-electron chi connectivity index (χ4n) is 5.60. The van der Waals surface area contributed by atoms with Crippen LogP contribution in [0.2, 0.25) is 0 Å². The maximum Gasteiger partial charge on any atom is 0.407 e. The van der Waals surface area contributed by atoms with Gasteiger partial charge in [0.05, 0.1) is 5.92 Å². The lowest BCUT2D eigenvalue weighted by Gasteiger charge is -2.51. The van der Waals surface area contributed by atoms with Crippen molar-refractivity contribution in [3.05, 3.63) is 59.7 Å².